The van der Waals surface area contributed by atoms with E-state index in [0.717, 1.165) is 70.7 Å². The van der Waals surface area contributed by atoms with Crippen molar-refractivity contribution in [3.8, 4) is 22.5 Å². The first-order valence-electron chi connectivity index (χ1n) is 14.4. The lowest BCUT2D eigenvalue weighted by molar-refractivity contribution is 0.313. The van der Waals surface area contributed by atoms with Crippen LogP contribution in [-0.2, 0) is 6.54 Å². The van der Waals surface area contributed by atoms with Crippen LogP contribution in [0.5, 0.6) is 0 Å². The summed E-state index contributed by atoms with van der Waals surface area (Å²) >= 11 is 6.44. The number of aromatic amines is 2. The number of nitrogens with one attached hydrogen (secondary N) is 3. The molecule has 0 aliphatic carbocycles. The second-order valence-electron chi connectivity index (χ2n) is 11.1. The SMILES string of the molecule is CN1CCN(c2ccc3[nH]c(-c4c(NCc5ccc(-c6ccc(N)cc6)cc5)c5cc(Cl)ccc5[nH]c4=O)nc3c2)CC1. The summed E-state index contributed by atoms with van der Waals surface area (Å²) < 4.78 is 0. The number of nitrogens with two attached hydrogens (primary N) is 1. The van der Waals surface area contributed by atoms with Gasteiger partial charge in [0.15, 0.2) is 0 Å². The molecule has 0 spiro atoms. The van der Waals surface area contributed by atoms with E-state index in [9.17, 15) is 4.79 Å². The third kappa shape index (κ3) is 5.43. The van der Waals surface area contributed by atoms with Crippen LogP contribution in [0.1, 0.15) is 5.56 Å². The van der Waals surface area contributed by atoms with E-state index in [0.29, 0.717) is 34.2 Å². The number of rotatable bonds is 6. The number of imidazole rings is 1. The molecule has 1 fully saturated rings. The summed E-state index contributed by atoms with van der Waals surface area (Å²) in [6.45, 7) is 4.50. The van der Waals surface area contributed by atoms with Gasteiger partial charge >= 0.3 is 0 Å². The highest BCUT2D eigenvalue weighted by Crippen LogP contribution is 2.33. The number of hydrogen-bond acceptors (Lipinski definition) is 6. The molecule has 0 radical (unpaired) electrons. The van der Waals surface area contributed by atoms with Crippen molar-refractivity contribution in [2.24, 2.45) is 0 Å². The molecule has 7 rings (SSSR count). The minimum Gasteiger partial charge on any atom is -0.399 e. The van der Waals surface area contributed by atoms with Crippen LogP contribution in [0.3, 0.4) is 0 Å². The van der Waals surface area contributed by atoms with Crippen LogP contribution < -0.4 is 21.5 Å². The van der Waals surface area contributed by atoms with Crippen molar-refractivity contribution in [3.63, 3.8) is 0 Å². The van der Waals surface area contributed by atoms with Gasteiger partial charge in [-0.1, -0.05) is 48.0 Å². The predicted molar refractivity (Wildman–Crippen MR) is 178 cm³/mol. The van der Waals surface area contributed by atoms with E-state index in [1.807, 2.05) is 42.5 Å². The van der Waals surface area contributed by atoms with Gasteiger partial charge in [-0.15, -0.1) is 0 Å². The summed E-state index contributed by atoms with van der Waals surface area (Å²) in [6, 6.07) is 27.9. The summed E-state index contributed by atoms with van der Waals surface area (Å²) in [5.41, 5.74) is 14.3. The number of pyridine rings is 1. The fraction of sp³-hybridized carbons (Fsp3) is 0.176. The molecule has 0 bridgehead atoms. The minimum atomic E-state index is -0.227. The van der Waals surface area contributed by atoms with E-state index in [1.54, 1.807) is 6.07 Å². The molecule has 0 saturated carbocycles. The van der Waals surface area contributed by atoms with Crippen molar-refractivity contribution >= 4 is 50.6 Å². The molecule has 4 aromatic carbocycles. The third-order valence-corrected chi connectivity index (χ3v) is 8.45. The van der Waals surface area contributed by atoms with Crippen molar-refractivity contribution in [2.75, 3.05) is 49.2 Å². The fourth-order valence-corrected chi connectivity index (χ4v) is 5.90. The number of hydrogen-bond donors (Lipinski definition) is 4. The Labute approximate surface area is 254 Å². The van der Waals surface area contributed by atoms with E-state index in [4.69, 9.17) is 22.3 Å². The maximum Gasteiger partial charge on any atom is 0.261 e. The van der Waals surface area contributed by atoms with Gasteiger partial charge in [0.2, 0.25) is 0 Å². The zero-order valence-electron chi connectivity index (χ0n) is 23.8. The van der Waals surface area contributed by atoms with E-state index in [1.165, 1.54) is 0 Å². The summed E-state index contributed by atoms with van der Waals surface area (Å²) in [5, 5.41) is 4.95. The number of piperazine rings is 1. The normalized spacial score (nSPS) is 14.0. The van der Waals surface area contributed by atoms with Gasteiger partial charge in [-0.05, 0) is 72.3 Å². The number of aromatic nitrogens is 3. The van der Waals surface area contributed by atoms with Gasteiger partial charge in [0, 0.05) is 54.5 Å². The predicted octanol–water partition coefficient (Wildman–Crippen LogP) is 6.34. The van der Waals surface area contributed by atoms with Crippen LogP contribution in [0.15, 0.2) is 89.7 Å². The van der Waals surface area contributed by atoms with Gasteiger partial charge in [-0.2, -0.15) is 0 Å². The molecule has 6 aromatic rings. The van der Waals surface area contributed by atoms with E-state index in [2.05, 4.69) is 68.5 Å². The number of likely N-dealkylation sites (N-methyl/N-ethyl adjacent to an activating group) is 1. The Hall–Kier alpha value is -4.79. The zero-order chi connectivity index (χ0) is 29.5. The molecule has 5 N–H and O–H groups in total. The largest absolute Gasteiger partial charge is 0.399 e. The van der Waals surface area contributed by atoms with Crippen LogP contribution in [0.4, 0.5) is 17.1 Å². The van der Waals surface area contributed by atoms with E-state index >= 15 is 0 Å². The van der Waals surface area contributed by atoms with Crippen LogP contribution in [-0.4, -0.2) is 53.1 Å². The lowest BCUT2D eigenvalue weighted by Crippen LogP contribution is -2.44. The number of nitrogens with zero attached hydrogens (tertiary/aromatic N) is 3. The molecule has 9 heteroatoms. The molecule has 1 aliphatic rings. The maximum absolute atomic E-state index is 13.6. The molecule has 0 atom stereocenters. The highest BCUT2D eigenvalue weighted by atomic mass is 35.5. The maximum atomic E-state index is 13.6. The van der Waals surface area contributed by atoms with Crippen LogP contribution >= 0.6 is 11.6 Å². The van der Waals surface area contributed by atoms with Crippen molar-refractivity contribution in [1.82, 2.24) is 19.9 Å². The Kier molecular flexibility index (Phi) is 7.01. The summed E-state index contributed by atoms with van der Waals surface area (Å²) in [4.78, 5) is 29.6. The van der Waals surface area contributed by atoms with Gasteiger partial charge in [0.25, 0.3) is 5.56 Å². The Morgan fingerprint density at radius 2 is 1.56 bits per heavy atom. The van der Waals surface area contributed by atoms with Gasteiger partial charge in [0.1, 0.15) is 11.4 Å². The standard InChI is InChI=1S/C34H32ClN7O/c1-41-14-16-42(17-15-41)26-11-13-29-30(19-26)39-33(38-29)31-32(27-18-24(35)8-12-28(27)40-34(31)43)37-20-21-2-4-22(5-3-21)23-6-9-25(36)10-7-23/h2-13,18-19H,14-17,20,36H2,1H3,(H,38,39)(H2,37,40,43). The van der Waals surface area contributed by atoms with Crippen molar-refractivity contribution < 1.29 is 0 Å². The molecular weight excluding hydrogens is 558 g/mol. The Bertz CT molecular complexity index is 1990. The van der Waals surface area contributed by atoms with Gasteiger partial charge in [0.05, 0.1) is 22.2 Å². The highest BCUT2D eigenvalue weighted by molar-refractivity contribution is 6.31. The zero-order valence-corrected chi connectivity index (χ0v) is 24.6. The summed E-state index contributed by atoms with van der Waals surface area (Å²) in [7, 11) is 2.15. The first-order valence-corrected chi connectivity index (χ1v) is 14.8. The molecule has 43 heavy (non-hydrogen) atoms. The lowest BCUT2D eigenvalue weighted by Gasteiger charge is -2.34. The minimum absolute atomic E-state index is 0.227. The monoisotopic (exact) mass is 589 g/mol. The first-order chi connectivity index (χ1) is 20.9. The molecule has 1 aliphatic heterocycles. The number of nitrogen functional groups attached to an aromatic ring is 1. The number of halogens is 1. The lowest BCUT2D eigenvalue weighted by atomic mass is 10.0. The summed E-state index contributed by atoms with van der Waals surface area (Å²) in [6.07, 6.45) is 0. The summed E-state index contributed by atoms with van der Waals surface area (Å²) in [5.74, 6) is 0.509. The van der Waals surface area contributed by atoms with Crippen LogP contribution in [0, 0.1) is 0 Å². The molecule has 0 amide bonds. The highest BCUT2D eigenvalue weighted by Gasteiger charge is 2.20. The molecular formula is C34H32ClN7O. The number of fused-ring (bicyclic) bond motifs is 2. The van der Waals surface area contributed by atoms with Crippen LogP contribution in [0.2, 0.25) is 5.02 Å². The first kappa shape index (κ1) is 27.1. The van der Waals surface area contributed by atoms with Crippen molar-refractivity contribution in [1.29, 1.82) is 0 Å². The Morgan fingerprint density at radius 3 is 2.30 bits per heavy atom. The smallest absolute Gasteiger partial charge is 0.261 e. The molecule has 0 unspecified atom stereocenters. The van der Waals surface area contributed by atoms with E-state index in [-0.39, 0.29) is 5.56 Å². The second kappa shape index (κ2) is 11.1. The number of benzene rings is 4. The van der Waals surface area contributed by atoms with Crippen molar-refractivity contribution in [2.45, 2.75) is 6.54 Å². The molecule has 3 heterocycles. The van der Waals surface area contributed by atoms with Gasteiger partial charge in [-0.25, -0.2) is 4.98 Å². The second-order valence-corrected chi connectivity index (χ2v) is 11.6. The number of H-pyrrole nitrogens is 2. The van der Waals surface area contributed by atoms with E-state index < -0.39 is 0 Å². The third-order valence-electron chi connectivity index (χ3n) is 8.22. The van der Waals surface area contributed by atoms with Crippen molar-refractivity contribution in [3.05, 3.63) is 106 Å². The fourth-order valence-electron chi connectivity index (χ4n) is 5.73. The van der Waals surface area contributed by atoms with Gasteiger partial charge in [-0.3, -0.25) is 4.79 Å². The Morgan fingerprint density at radius 1 is 0.860 bits per heavy atom. The molecule has 1 saturated heterocycles. The number of anilines is 3. The quantitative estimate of drug-likeness (QED) is 0.169. The topological polar surface area (TPSA) is 106 Å². The average Bonchev–Trinajstić information content (AvgIpc) is 3.44. The van der Waals surface area contributed by atoms with Crippen LogP contribution in [0.25, 0.3) is 44.5 Å². The molecule has 2 aromatic heterocycles. The molecule has 216 valence electrons. The Balaban J connectivity index is 1.24. The average molecular weight is 590 g/mol. The molecule has 8 nitrogen and oxygen atoms in total. The van der Waals surface area contributed by atoms with Gasteiger partial charge < -0.3 is 30.8 Å².